The van der Waals surface area contributed by atoms with Gasteiger partial charge in [0.15, 0.2) is 17.3 Å². The molecule has 45 heavy (non-hydrogen) atoms. The topological polar surface area (TPSA) is 98.2 Å². The quantitative estimate of drug-likeness (QED) is 0.330. The van der Waals surface area contributed by atoms with Crippen molar-refractivity contribution in [1.29, 1.82) is 0 Å². The van der Waals surface area contributed by atoms with Crippen molar-refractivity contribution in [1.82, 2.24) is 24.4 Å². The Morgan fingerprint density at radius 3 is 2.31 bits per heavy atom. The molecular weight excluding hydrogens is 566 g/mol. The van der Waals surface area contributed by atoms with E-state index in [2.05, 4.69) is 29.1 Å². The summed E-state index contributed by atoms with van der Waals surface area (Å²) in [5, 5.41) is 28.9. The average Bonchev–Trinajstić information content (AvgIpc) is 3.89. The van der Waals surface area contributed by atoms with E-state index >= 15 is 0 Å². The van der Waals surface area contributed by atoms with Crippen LogP contribution < -0.4 is 0 Å². The van der Waals surface area contributed by atoms with Crippen molar-refractivity contribution in [3.05, 3.63) is 41.1 Å². The number of amides is 2. The second kappa shape index (κ2) is 11.6. The first-order valence-electron chi connectivity index (χ1n) is 17.6. The Morgan fingerprint density at radius 1 is 0.911 bits per heavy atom. The average molecular weight is 616 g/mol. The van der Waals surface area contributed by atoms with Crippen molar-refractivity contribution in [2.75, 3.05) is 39.8 Å². The minimum absolute atomic E-state index is 0.0531. The first-order valence-corrected chi connectivity index (χ1v) is 17.6. The molecule has 1 aromatic carbocycles. The summed E-state index contributed by atoms with van der Waals surface area (Å²) in [5.41, 5.74) is 3.86. The van der Waals surface area contributed by atoms with E-state index in [0.29, 0.717) is 24.3 Å². The molecule has 242 valence electrons. The number of carbonyl (C=O) groups is 1. The predicted molar refractivity (Wildman–Crippen MR) is 173 cm³/mol. The molecule has 2 saturated heterocycles. The van der Waals surface area contributed by atoms with Gasteiger partial charge in [-0.3, -0.25) is 4.57 Å². The fourth-order valence-electron chi connectivity index (χ4n) is 10.2. The zero-order valence-electron chi connectivity index (χ0n) is 26.9. The summed E-state index contributed by atoms with van der Waals surface area (Å²) in [6.07, 6.45) is 10.0. The Labute approximate surface area is 266 Å². The number of aromatic hydroxyl groups is 2. The lowest BCUT2D eigenvalue weighted by Crippen LogP contribution is -2.48. The second-order valence-electron chi connectivity index (χ2n) is 14.9. The van der Waals surface area contributed by atoms with Gasteiger partial charge in [0.2, 0.25) is 0 Å². The highest BCUT2D eigenvalue weighted by Crippen LogP contribution is 2.63. The Balaban J connectivity index is 0.951. The van der Waals surface area contributed by atoms with Crippen LogP contribution >= 0.6 is 0 Å². The van der Waals surface area contributed by atoms with Crippen LogP contribution in [0.25, 0.3) is 11.0 Å². The molecule has 9 heteroatoms. The zero-order chi connectivity index (χ0) is 30.8. The third kappa shape index (κ3) is 4.83. The smallest absolute Gasteiger partial charge is 0.320 e. The lowest BCUT2D eigenvalue weighted by Gasteiger charge is -2.38. The number of aromatic nitrogens is 2. The Kier molecular flexibility index (Phi) is 7.50. The maximum Gasteiger partial charge on any atom is 0.320 e. The summed E-state index contributed by atoms with van der Waals surface area (Å²) in [5.74, 6) is 2.45. The van der Waals surface area contributed by atoms with Gasteiger partial charge in [-0.05, 0) is 93.8 Å². The molecule has 9 nitrogen and oxygen atoms in total. The number of likely N-dealkylation sites (tertiary alicyclic amines) is 2. The number of rotatable bonds is 6. The van der Waals surface area contributed by atoms with Gasteiger partial charge in [0, 0.05) is 67.6 Å². The fourth-order valence-corrected chi connectivity index (χ4v) is 10.2. The van der Waals surface area contributed by atoms with E-state index in [4.69, 9.17) is 4.52 Å². The molecule has 6 atom stereocenters. The number of carbonyl (C=O) groups excluding carboxylic acids is 1. The molecule has 4 fully saturated rings. The summed E-state index contributed by atoms with van der Waals surface area (Å²) >= 11 is 0. The zero-order valence-corrected chi connectivity index (χ0v) is 26.9. The molecule has 4 unspecified atom stereocenters. The van der Waals surface area contributed by atoms with Gasteiger partial charge in [-0.15, -0.1) is 0 Å². The number of para-hydroxylation sites is 1. The molecule has 0 spiro atoms. The van der Waals surface area contributed by atoms with E-state index in [1.54, 1.807) is 0 Å². The van der Waals surface area contributed by atoms with Crippen LogP contribution in [0.1, 0.15) is 99.3 Å². The van der Waals surface area contributed by atoms with Gasteiger partial charge in [0.1, 0.15) is 0 Å². The molecule has 2 amide bonds. The third-order valence-electron chi connectivity index (χ3n) is 12.6. The highest BCUT2D eigenvalue weighted by molar-refractivity contribution is 5.79. The van der Waals surface area contributed by atoms with E-state index in [9.17, 15) is 15.0 Å². The molecule has 2 saturated carbocycles. The van der Waals surface area contributed by atoms with E-state index in [-0.39, 0.29) is 41.6 Å². The van der Waals surface area contributed by atoms with Gasteiger partial charge in [0.05, 0.1) is 5.69 Å². The number of fused-ring (bicyclic) bond motifs is 6. The molecule has 5 aliphatic rings. The van der Waals surface area contributed by atoms with Gasteiger partial charge in [-0.25, -0.2) is 4.79 Å². The number of urea groups is 1. The van der Waals surface area contributed by atoms with Crippen molar-refractivity contribution >= 4 is 17.0 Å². The molecule has 3 aromatic rings. The van der Waals surface area contributed by atoms with Crippen molar-refractivity contribution in [2.45, 2.75) is 95.1 Å². The van der Waals surface area contributed by atoms with Crippen LogP contribution in [0.5, 0.6) is 11.8 Å². The number of piperidine rings is 1. The molecule has 4 heterocycles. The third-order valence-corrected chi connectivity index (χ3v) is 12.6. The fraction of sp³-hybridized carbons (Fsp3) is 0.667. The van der Waals surface area contributed by atoms with Crippen LogP contribution in [-0.4, -0.2) is 86.5 Å². The van der Waals surface area contributed by atoms with Crippen LogP contribution in [0, 0.1) is 17.8 Å². The first-order chi connectivity index (χ1) is 21.9. The summed E-state index contributed by atoms with van der Waals surface area (Å²) < 4.78 is 7.45. The maximum atomic E-state index is 13.3. The van der Waals surface area contributed by atoms with Crippen LogP contribution in [-0.2, 0) is 6.54 Å². The molecule has 3 aliphatic carbocycles. The number of hydrogen-bond acceptors (Lipinski definition) is 6. The van der Waals surface area contributed by atoms with Gasteiger partial charge >= 0.3 is 6.03 Å². The summed E-state index contributed by atoms with van der Waals surface area (Å²) in [6.45, 7) is 7.78. The number of hydrogen-bond donors (Lipinski definition) is 2. The van der Waals surface area contributed by atoms with Crippen LogP contribution in [0.4, 0.5) is 4.79 Å². The monoisotopic (exact) mass is 615 g/mol. The number of nitrogens with zero attached hydrogens (tertiary/aromatic N) is 5. The van der Waals surface area contributed by atoms with Crippen LogP contribution in [0.3, 0.4) is 0 Å². The Hall–Kier alpha value is -3.20. The number of benzene rings is 1. The molecule has 2 aromatic heterocycles. The van der Waals surface area contributed by atoms with E-state index in [0.717, 1.165) is 99.0 Å². The minimum atomic E-state index is 0.0531. The first kappa shape index (κ1) is 29.2. The van der Waals surface area contributed by atoms with Crippen molar-refractivity contribution in [2.24, 2.45) is 17.8 Å². The molecule has 2 aliphatic heterocycles. The largest absolute Gasteiger partial charge is 0.494 e. The van der Waals surface area contributed by atoms with Crippen molar-refractivity contribution in [3.8, 4) is 11.8 Å². The minimum Gasteiger partial charge on any atom is -0.494 e. The van der Waals surface area contributed by atoms with E-state index < -0.39 is 0 Å². The summed E-state index contributed by atoms with van der Waals surface area (Å²) in [6, 6.07) is 8.36. The van der Waals surface area contributed by atoms with Crippen LogP contribution in [0.15, 0.2) is 28.8 Å². The van der Waals surface area contributed by atoms with E-state index in [1.807, 2.05) is 33.5 Å². The van der Waals surface area contributed by atoms with Gasteiger partial charge in [0.25, 0.3) is 0 Å². The summed E-state index contributed by atoms with van der Waals surface area (Å²) in [7, 11) is 1.94. The SMILES string of the molecule is CC1C2CC(c3c2c(O)n(C[C@H]2CCCC[C@@H]2CN2CCC(c4noc5ccccc45)CC2)c3O)C1N(C)C(=O)N1CCCC1. The highest BCUT2D eigenvalue weighted by Gasteiger charge is 2.56. The molecular formula is C36H49N5O4. The van der Waals surface area contributed by atoms with E-state index in [1.165, 1.54) is 19.3 Å². The van der Waals surface area contributed by atoms with Crippen LogP contribution in [0.2, 0.25) is 0 Å². The molecule has 8 rings (SSSR count). The van der Waals surface area contributed by atoms with Crippen molar-refractivity contribution in [3.63, 3.8) is 0 Å². The molecule has 2 bridgehead atoms. The number of likely N-dealkylation sites (N-methyl/N-ethyl adjacent to an activating group) is 1. The highest BCUT2D eigenvalue weighted by atomic mass is 16.5. The standard InChI is InChI=1S/C36H49N5O4/c1-22-27-19-28(33(22)38(2)36(44)40-15-7-8-16-40)31-30(27)34(42)41(35(31)43)21-25-10-4-3-9-24(25)20-39-17-13-23(14-18-39)32-26-11-5-6-12-29(26)45-37-32/h5-6,11-12,22-25,27-28,33,42-43H,3-4,7-10,13-21H2,1-2H3/t22?,24-,25-,27?,28?,33?/m1/s1. The van der Waals surface area contributed by atoms with Gasteiger partial charge < -0.3 is 29.4 Å². The van der Waals surface area contributed by atoms with Gasteiger partial charge in [-0.1, -0.05) is 37.1 Å². The lowest BCUT2D eigenvalue weighted by atomic mass is 9.78. The lowest BCUT2D eigenvalue weighted by molar-refractivity contribution is 0.116. The Bertz CT molecular complexity index is 1550. The molecule has 2 N–H and O–H groups in total. The Morgan fingerprint density at radius 2 is 1.58 bits per heavy atom. The normalized spacial score (nSPS) is 30.4. The second-order valence-corrected chi connectivity index (χ2v) is 14.9. The van der Waals surface area contributed by atoms with Crippen molar-refractivity contribution < 1.29 is 19.5 Å². The summed E-state index contributed by atoms with van der Waals surface area (Å²) in [4.78, 5) is 19.9. The molecule has 0 radical (unpaired) electrons. The maximum absolute atomic E-state index is 13.3. The van der Waals surface area contributed by atoms with Gasteiger partial charge in [-0.2, -0.15) is 0 Å². The predicted octanol–water partition coefficient (Wildman–Crippen LogP) is 6.46.